The average Bonchev–Trinajstić information content (AvgIpc) is 2.74. The number of anilines is 2. The standard InChI is InChI=1S/C13H10N4S/c1-7-6-14-13-11(15-7)17-10-8-4-2-3-5-9(8)16-12(10)18-13/h2-6,16H,1H3,(H,15,17). The van der Waals surface area contributed by atoms with E-state index in [9.17, 15) is 0 Å². The van der Waals surface area contributed by atoms with E-state index in [1.807, 2.05) is 19.1 Å². The number of aryl methyl sites for hydroxylation is 1. The molecule has 1 aromatic carbocycles. The minimum Gasteiger partial charge on any atom is -0.348 e. The Bertz CT molecular complexity index is 763. The van der Waals surface area contributed by atoms with Gasteiger partial charge >= 0.3 is 0 Å². The first kappa shape index (κ1) is 9.96. The number of nitrogens with one attached hydrogen (secondary N) is 2. The number of benzene rings is 1. The highest BCUT2D eigenvalue weighted by atomic mass is 32.2. The highest BCUT2D eigenvalue weighted by molar-refractivity contribution is 7.99. The van der Waals surface area contributed by atoms with Gasteiger partial charge in [0.15, 0.2) is 5.82 Å². The molecule has 0 bridgehead atoms. The largest absolute Gasteiger partial charge is 0.348 e. The molecule has 0 saturated carbocycles. The van der Waals surface area contributed by atoms with Crippen LogP contribution in [-0.4, -0.2) is 15.0 Å². The van der Waals surface area contributed by atoms with Gasteiger partial charge in [-0.25, -0.2) is 9.97 Å². The molecule has 0 saturated heterocycles. The first-order valence-corrected chi connectivity index (χ1v) is 6.52. The highest BCUT2D eigenvalue weighted by Crippen LogP contribution is 2.45. The maximum Gasteiger partial charge on any atom is 0.163 e. The predicted octanol–water partition coefficient (Wildman–Crippen LogP) is 3.47. The van der Waals surface area contributed by atoms with Gasteiger partial charge in [0.25, 0.3) is 0 Å². The molecule has 1 aliphatic rings. The van der Waals surface area contributed by atoms with Crippen molar-refractivity contribution in [2.24, 2.45) is 0 Å². The lowest BCUT2D eigenvalue weighted by molar-refractivity contribution is 1.00. The third-order valence-electron chi connectivity index (χ3n) is 2.97. The maximum absolute atomic E-state index is 4.49. The topological polar surface area (TPSA) is 53.6 Å². The Kier molecular flexibility index (Phi) is 1.93. The molecule has 3 heterocycles. The molecule has 0 atom stereocenters. The first-order chi connectivity index (χ1) is 8.81. The van der Waals surface area contributed by atoms with Crippen LogP contribution >= 0.6 is 11.8 Å². The summed E-state index contributed by atoms with van der Waals surface area (Å²) in [4.78, 5) is 12.3. The van der Waals surface area contributed by atoms with Crippen LogP contribution in [0.25, 0.3) is 10.9 Å². The van der Waals surface area contributed by atoms with Gasteiger partial charge in [-0.15, -0.1) is 0 Å². The molecule has 0 spiro atoms. The zero-order chi connectivity index (χ0) is 12.1. The van der Waals surface area contributed by atoms with E-state index in [0.717, 1.165) is 32.8 Å². The average molecular weight is 254 g/mol. The van der Waals surface area contributed by atoms with E-state index in [2.05, 4.69) is 32.4 Å². The number of hydrogen-bond acceptors (Lipinski definition) is 4. The summed E-state index contributed by atoms with van der Waals surface area (Å²) >= 11 is 1.63. The molecule has 18 heavy (non-hydrogen) atoms. The van der Waals surface area contributed by atoms with Crippen LogP contribution in [0.3, 0.4) is 0 Å². The van der Waals surface area contributed by atoms with Gasteiger partial charge in [0.1, 0.15) is 10.1 Å². The van der Waals surface area contributed by atoms with Crippen molar-refractivity contribution in [1.29, 1.82) is 0 Å². The Hall–Kier alpha value is -2.01. The summed E-state index contributed by atoms with van der Waals surface area (Å²) < 4.78 is 0. The summed E-state index contributed by atoms with van der Waals surface area (Å²) in [5, 5.41) is 6.58. The van der Waals surface area contributed by atoms with Crippen LogP contribution in [0, 0.1) is 6.92 Å². The zero-order valence-electron chi connectivity index (χ0n) is 9.69. The van der Waals surface area contributed by atoms with Gasteiger partial charge in [0.05, 0.1) is 11.4 Å². The van der Waals surface area contributed by atoms with Gasteiger partial charge in [-0.3, -0.25) is 0 Å². The monoisotopic (exact) mass is 254 g/mol. The van der Waals surface area contributed by atoms with Crippen LogP contribution in [0.15, 0.2) is 40.5 Å². The number of aromatic amines is 1. The van der Waals surface area contributed by atoms with E-state index < -0.39 is 0 Å². The van der Waals surface area contributed by atoms with E-state index in [1.54, 1.807) is 18.0 Å². The van der Waals surface area contributed by atoms with E-state index in [4.69, 9.17) is 0 Å². The summed E-state index contributed by atoms with van der Waals surface area (Å²) in [6.45, 7) is 1.95. The minimum atomic E-state index is 0.845. The first-order valence-electron chi connectivity index (χ1n) is 5.70. The van der Waals surface area contributed by atoms with E-state index in [0.29, 0.717) is 0 Å². The summed E-state index contributed by atoms with van der Waals surface area (Å²) in [6, 6.07) is 8.25. The minimum absolute atomic E-state index is 0.845. The van der Waals surface area contributed by atoms with Crippen molar-refractivity contribution in [2.45, 2.75) is 17.0 Å². The molecular formula is C13H10N4S. The van der Waals surface area contributed by atoms with Gasteiger partial charge in [-0.05, 0) is 24.8 Å². The third-order valence-corrected chi connectivity index (χ3v) is 3.98. The van der Waals surface area contributed by atoms with Crippen molar-refractivity contribution < 1.29 is 0 Å². The summed E-state index contributed by atoms with van der Waals surface area (Å²) in [5.41, 5.74) is 3.15. The fraction of sp³-hybridized carbons (Fsp3) is 0.0769. The predicted molar refractivity (Wildman–Crippen MR) is 72.5 cm³/mol. The maximum atomic E-state index is 4.49. The fourth-order valence-corrected chi connectivity index (χ4v) is 3.07. The Morgan fingerprint density at radius 1 is 1.22 bits per heavy atom. The van der Waals surface area contributed by atoms with Crippen molar-refractivity contribution >= 4 is 34.2 Å². The van der Waals surface area contributed by atoms with Crippen LogP contribution in [0.1, 0.15) is 5.69 Å². The number of para-hydroxylation sites is 1. The molecule has 0 amide bonds. The molecule has 0 radical (unpaired) electrons. The van der Waals surface area contributed by atoms with Gasteiger partial charge in [-0.1, -0.05) is 18.2 Å². The van der Waals surface area contributed by atoms with Crippen LogP contribution in [0.2, 0.25) is 0 Å². The summed E-state index contributed by atoms with van der Waals surface area (Å²) in [5.74, 6) is 0.845. The molecule has 88 valence electrons. The lowest BCUT2D eigenvalue weighted by Crippen LogP contribution is -2.03. The Labute approximate surface area is 108 Å². The lowest BCUT2D eigenvalue weighted by atomic mass is 10.2. The molecular weight excluding hydrogens is 244 g/mol. The highest BCUT2D eigenvalue weighted by Gasteiger charge is 2.21. The molecule has 3 aromatic rings. The number of aromatic nitrogens is 3. The molecule has 2 N–H and O–H groups in total. The lowest BCUT2D eigenvalue weighted by Gasteiger charge is -2.16. The summed E-state index contributed by atoms with van der Waals surface area (Å²) in [6.07, 6.45) is 1.79. The van der Waals surface area contributed by atoms with Crippen LogP contribution in [-0.2, 0) is 0 Å². The van der Waals surface area contributed by atoms with Crippen molar-refractivity contribution in [3.05, 3.63) is 36.2 Å². The Morgan fingerprint density at radius 3 is 3.06 bits per heavy atom. The quantitative estimate of drug-likeness (QED) is 0.504. The zero-order valence-corrected chi connectivity index (χ0v) is 10.5. The molecule has 0 unspecified atom stereocenters. The fourth-order valence-electron chi connectivity index (χ4n) is 2.16. The van der Waals surface area contributed by atoms with Gasteiger partial charge in [0.2, 0.25) is 0 Å². The molecule has 0 fully saturated rings. The van der Waals surface area contributed by atoms with Gasteiger partial charge in [-0.2, -0.15) is 0 Å². The molecule has 1 aliphatic heterocycles. The van der Waals surface area contributed by atoms with Crippen LogP contribution in [0.4, 0.5) is 11.5 Å². The van der Waals surface area contributed by atoms with E-state index >= 15 is 0 Å². The molecule has 5 heteroatoms. The third kappa shape index (κ3) is 1.34. The van der Waals surface area contributed by atoms with Gasteiger partial charge in [0, 0.05) is 17.1 Å². The SMILES string of the molecule is Cc1cnc2c(n1)Nc1c([nH]c3ccccc13)S2. The molecule has 4 nitrogen and oxygen atoms in total. The molecule has 2 aromatic heterocycles. The van der Waals surface area contributed by atoms with E-state index in [-0.39, 0.29) is 0 Å². The number of fused-ring (bicyclic) bond motifs is 4. The smallest absolute Gasteiger partial charge is 0.163 e. The van der Waals surface area contributed by atoms with Crippen LogP contribution < -0.4 is 5.32 Å². The second-order valence-corrected chi connectivity index (χ2v) is 5.27. The molecule has 0 aliphatic carbocycles. The number of nitrogens with zero attached hydrogens (tertiary/aromatic N) is 2. The van der Waals surface area contributed by atoms with Crippen LogP contribution in [0.5, 0.6) is 0 Å². The number of hydrogen-bond donors (Lipinski definition) is 2. The van der Waals surface area contributed by atoms with Gasteiger partial charge < -0.3 is 10.3 Å². The second kappa shape index (κ2) is 3.49. The Morgan fingerprint density at radius 2 is 2.11 bits per heavy atom. The summed E-state index contributed by atoms with van der Waals surface area (Å²) in [7, 11) is 0. The number of rotatable bonds is 0. The van der Waals surface area contributed by atoms with Crippen molar-refractivity contribution in [3.8, 4) is 0 Å². The van der Waals surface area contributed by atoms with Crippen molar-refractivity contribution in [3.63, 3.8) is 0 Å². The number of H-pyrrole nitrogens is 1. The second-order valence-electron chi connectivity index (χ2n) is 4.27. The van der Waals surface area contributed by atoms with E-state index in [1.165, 1.54) is 5.39 Å². The van der Waals surface area contributed by atoms with Crippen molar-refractivity contribution in [1.82, 2.24) is 15.0 Å². The molecule has 4 rings (SSSR count). The Balaban J connectivity index is 1.94. The van der Waals surface area contributed by atoms with Crippen molar-refractivity contribution in [2.75, 3.05) is 5.32 Å². The normalized spacial score (nSPS) is 12.9.